The van der Waals surface area contributed by atoms with Crippen molar-refractivity contribution in [1.29, 1.82) is 0 Å². The summed E-state index contributed by atoms with van der Waals surface area (Å²) in [4.78, 5) is 19.7. The molecule has 0 fully saturated rings. The summed E-state index contributed by atoms with van der Waals surface area (Å²) in [5, 5.41) is 6.06. The standard InChI is InChI=1S/C11H10N4OS/c1-6-9(10(16)15-14-6)17-11-12-7-4-2-3-5-8(7)13-11/h2-5H,1H3,(H,12,13)(H2,14,15,16). The summed E-state index contributed by atoms with van der Waals surface area (Å²) in [6, 6.07) is 7.78. The fraction of sp³-hybridized carbons (Fsp3) is 0.0909. The number of fused-ring (bicyclic) bond motifs is 1. The van der Waals surface area contributed by atoms with Crippen LogP contribution in [-0.2, 0) is 0 Å². The van der Waals surface area contributed by atoms with Crippen LogP contribution in [0.5, 0.6) is 0 Å². The Bertz CT molecular complexity index is 691. The van der Waals surface area contributed by atoms with Gasteiger partial charge in [-0.3, -0.25) is 9.89 Å². The van der Waals surface area contributed by atoms with Gasteiger partial charge < -0.3 is 10.1 Å². The first-order valence-electron chi connectivity index (χ1n) is 5.14. The van der Waals surface area contributed by atoms with Crippen LogP contribution in [0.25, 0.3) is 11.0 Å². The van der Waals surface area contributed by atoms with E-state index in [0.29, 0.717) is 4.90 Å². The van der Waals surface area contributed by atoms with E-state index < -0.39 is 0 Å². The van der Waals surface area contributed by atoms with Gasteiger partial charge >= 0.3 is 0 Å². The van der Waals surface area contributed by atoms with E-state index in [1.54, 1.807) is 0 Å². The molecule has 6 heteroatoms. The number of rotatable bonds is 2. The zero-order valence-corrected chi connectivity index (χ0v) is 9.89. The van der Waals surface area contributed by atoms with E-state index in [0.717, 1.165) is 21.9 Å². The van der Waals surface area contributed by atoms with Crippen LogP contribution < -0.4 is 5.56 Å². The zero-order chi connectivity index (χ0) is 11.8. The lowest BCUT2D eigenvalue weighted by molar-refractivity contribution is 1.02. The predicted molar refractivity (Wildman–Crippen MR) is 66.4 cm³/mol. The van der Waals surface area contributed by atoms with Gasteiger partial charge in [-0.05, 0) is 30.8 Å². The van der Waals surface area contributed by atoms with E-state index in [-0.39, 0.29) is 5.56 Å². The van der Waals surface area contributed by atoms with Crippen molar-refractivity contribution < 1.29 is 0 Å². The number of hydrogen-bond donors (Lipinski definition) is 3. The van der Waals surface area contributed by atoms with Crippen LogP contribution in [0.15, 0.2) is 39.1 Å². The van der Waals surface area contributed by atoms with Crippen molar-refractivity contribution in [3.05, 3.63) is 40.3 Å². The summed E-state index contributed by atoms with van der Waals surface area (Å²) < 4.78 is 0. The van der Waals surface area contributed by atoms with Crippen LogP contribution >= 0.6 is 11.8 Å². The molecule has 5 nitrogen and oxygen atoms in total. The smallest absolute Gasteiger partial charge is 0.278 e. The van der Waals surface area contributed by atoms with Crippen molar-refractivity contribution >= 4 is 22.8 Å². The molecule has 0 amide bonds. The number of benzene rings is 1. The maximum atomic E-state index is 11.5. The first-order chi connectivity index (χ1) is 8.24. The largest absolute Gasteiger partial charge is 0.333 e. The highest BCUT2D eigenvalue weighted by Gasteiger charge is 2.10. The Balaban J connectivity index is 2.03. The quantitative estimate of drug-likeness (QED) is 0.647. The van der Waals surface area contributed by atoms with Crippen molar-refractivity contribution in [1.82, 2.24) is 20.2 Å². The third-order valence-corrected chi connectivity index (χ3v) is 3.56. The highest BCUT2D eigenvalue weighted by Crippen LogP contribution is 2.25. The number of para-hydroxylation sites is 2. The fourth-order valence-electron chi connectivity index (χ4n) is 1.63. The van der Waals surface area contributed by atoms with Gasteiger partial charge in [-0.25, -0.2) is 4.98 Å². The fourth-order valence-corrected chi connectivity index (χ4v) is 2.48. The number of hydrogen-bond acceptors (Lipinski definition) is 3. The molecule has 0 radical (unpaired) electrons. The minimum atomic E-state index is -0.118. The lowest BCUT2D eigenvalue weighted by Crippen LogP contribution is -2.00. The van der Waals surface area contributed by atoms with Crippen LogP contribution in [0.1, 0.15) is 5.69 Å². The van der Waals surface area contributed by atoms with Gasteiger partial charge in [0.2, 0.25) is 0 Å². The van der Waals surface area contributed by atoms with Gasteiger partial charge in [0.15, 0.2) is 5.16 Å². The Labute approximate surface area is 101 Å². The Kier molecular flexibility index (Phi) is 2.29. The van der Waals surface area contributed by atoms with Gasteiger partial charge in [0.1, 0.15) is 4.90 Å². The summed E-state index contributed by atoms with van der Waals surface area (Å²) in [7, 11) is 0. The number of H-pyrrole nitrogens is 3. The molecule has 3 aromatic rings. The van der Waals surface area contributed by atoms with Crippen molar-refractivity contribution in [2.24, 2.45) is 0 Å². The van der Waals surface area contributed by atoms with Crippen molar-refractivity contribution in [3.8, 4) is 0 Å². The van der Waals surface area contributed by atoms with Crippen LogP contribution in [0, 0.1) is 6.92 Å². The molecule has 3 N–H and O–H groups in total. The molecule has 0 aliphatic rings. The molecule has 0 bridgehead atoms. The molecule has 0 atom stereocenters. The SMILES string of the molecule is Cc1[nH][nH]c(=O)c1Sc1nc2ccccc2[nH]1. The molecule has 0 aliphatic carbocycles. The molecule has 2 aromatic heterocycles. The van der Waals surface area contributed by atoms with Gasteiger partial charge in [0, 0.05) is 5.69 Å². The van der Waals surface area contributed by atoms with Crippen molar-refractivity contribution in [2.75, 3.05) is 0 Å². The minimum absolute atomic E-state index is 0.118. The van der Waals surface area contributed by atoms with E-state index in [1.165, 1.54) is 11.8 Å². The average molecular weight is 246 g/mol. The Morgan fingerprint density at radius 2 is 2.06 bits per heavy atom. The van der Waals surface area contributed by atoms with Gasteiger partial charge in [-0.1, -0.05) is 12.1 Å². The van der Waals surface area contributed by atoms with Gasteiger partial charge in [-0.15, -0.1) is 0 Å². The summed E-state index contributed by atoms with van der Waals surface area (Å²) in [5.74, 6) is 0. The number of nitrogens with one attached hydrogen (secondary N) is 3. The summed E-state index contributed by atoms with van der Waals surface area (Å²) in [6.45, 7) is 1.85. The lowest BCUT2D eigenvalue weighted by atomic mass is 10.3. The molecule has 1 aromatic carbocycles. The number of nitrogens with zero attached hydrogens (tertiary/aromatic N) is 1. The zero-order valence-electron chi connectivity index (χ0n) is 9.07. The molecule has 86 valence electrons. The lowest BCUT2D eigenvalue weighted by Gasteiger charge is -1.92. The second-order valence-corrected chi connectivity index (χ2v) is 4.69. The molecule has 3 rings (SSSR count). The highest BCUT2D eigenvalue weighted by molar-refractivity contribution is 7.99. The molecular formula is C11H10N4OS. The number of aromatic nitrogens is 4. The monoisotopic (exact) mass is 246 g/mol. The Morgan fingerprint density at radius 3 is 2.76 bits per heavy atom. The van der Waals surface area contributed by atoms with E-state index in [2.05, 4.69) is 20.2 Å². The molecule has 0 saturated heterocycles. The topological polar surface area (TPSA) is 77.3 Å². The van der Waals surface area contributed by atoms with Gasteiger partial charge in [0.25, 0.3) is 5.56 Å². The third kappa shape index (κ3) is 1.76. The Hall–Kier alpha value is -1.95. The van der Waals surface area contributed by atoms with Gasteiger partial charge in [0.05, 0.1) is 11.0 Å². The maximum Gasteiger partial charge on any atom is 0.278 e. The van der Waals surface area contributed by atoms with E-state index in [1.807, 2.05) is 31.2 Å². The predicted octanol–water partition coefficient (Wildman–Crippen LogP) is 2.04. The summed E-state index contributed by atoms with van der Waals surface area (Å²) >= 11 is 1.33. The van der Waals surface area contributed by atoms with E-state index >= 15 is 0 Å². The average Bonchev–Trinajstić information content (AvgIpc) is 2.87. The molecule has 0 aliphatic heterocycles. The first kappa shape index (κ1) is 10.2. The molecule has 0 spiro atoms. The molecular weight excluding hydrogens is 236 g/mol. The van der Waals surface area contributed by atoms with E-state index in [4.69, 9.17) is 0 Å². The van der Waals surface area contributed by atoms with Crippen LogP contribution in [0.3, 0.4) is 0 Å². The highest BCUT2D eigenvalue weighted by atomic mass is 32.2. The van der Waals surface area contributed by atoms with Gasteiger partial charge in [-0.2, -0.15) is 0 Å². The third-order valence-electron chi connectivity index (χ3n) is 2.48. The van der Waals surface area contributed by atoms with Crippen LogP contribution in [-0.4, -0.2) is 20.2 Å². The summed E-state index contributed by atoms with van der Waals surface area (Å²) in [5.41, 5.74) is 2.58. The second kappa shape index (κ2) is 3.81. The first-order valence-corrected chi connectivity index (χ1v) is 5.95. The number of aryl methyl sites for hydroxylation is 1. The van der Waals surface area contributed by atoms with Crippen molar-refractivity contribution in [3.63, 3.8) is 0 Å². The minimum Gasteiger partial charge on any atom is -0.333 e. The molecule has 0 saturated carbocycles. The normalized spacial score (nSPS) is 11.1. The second-order valence-electron chi connectivity index (χ2n) is 3.69. The molecule has 0 unspecified atom stereocenters. The molecule has 17 heavy (non-hydrogen) atoms. The molecule has 2 heterocycles. The number of imidazole rings is 1. The van der Waals surface area contributed by atoms with Crippen LogP contribution in [0.2, 0.25) is 0 Å². The summed E-state index contributed by atoms with van der Waals surface area (Å²) in [6.07, 6.45) is 0. The maximum absolute atomic E-state index is 11.5. The van der Waals surface area contributed by atoms with Crippen molar-refractivity contribution in [2.45, 2.75) is 17.0 Å². The number of aromatic amines is 3. The van der Waals surface area contributed by atoms with E-state index in [9.17, 15) is 4.79 Å². The Morgan fingerprint density at radius 1 is 1.24 bits per heavy atom. The van der Waals surface area contributed by atoms with Crippen LogP contribution in [0.4, 0.5) is 0 Å².